The van der Waals surface area contributed by atoms with Crippen LogP contribution in [-0.4, -0.2) is 46.3 Å². The molecule has 0 saturated heterocycles. The van der Waals surface area contributed by atoms with Crippen LogP contribution in [0.15, 0.2) is 11.1 Å². The molecule has 0 aromatic heterocycles. The van der Waals surface area contributed by atoms with E-state index < -0.39 is 17.8 Å². The zero-order valence-corrected chi connectivity index (χ0v) is 24.1. The Morgan fingerprint density at radius 1 is 0.943 bits per heavy atom. The molecule has 0 aromatic rings. The number of aliphatic hydroxyl groups excluding tert-OH is 3. The van der Waals surface area contributed by atoms with Crippen molar-refractivity contribution in [3.63, 3.8) is 0 Å². The van der Waals surface area contributed by atoms with Crippen molar-refractivity contribution in [2.24, 2.45) is 39.4 Å². The quantitative estimate of drug-likeness (QED) is 0.384. The van der Waals surface area contributed by atoms with Gasteiger partial charge in [0.2, 0.25) is 0 Å². The topological polar surface area (TPSA) is 69.9 Å². The number of methoxy groups -OCH3 is 1. The molecular weight excluding hydrogens is 436 g/mol. The number of rotatable bonds is 6. The second-order valence-corrected chi connectivity index (χ2v) is 14.7. The van der Waals surface area contributed by atoms with Gasteiger partial charge in [-0.25, -0.2) is 0 Å². The van der Waals surface area contributed by atoms with Gasteiger partial charge in [-0.15, -0.1) is 0 Å². The van der Waals surface area contributed by atoms with Gasteiger partial charge in [-0.1, -0.05) is 52.7 Å². The van der Waals surface area contributed by atoms with Gasteiger partial charge in [0.15, 0.2) is 0 Å². The van der Waals surface area contributed by atoms with Crippen molar-refractivity contribution >= 4 is 0 Å². The molecule has 3 N–H and O–H groups in total. The number of fused-ring (bicyclic) bond motifs is 4. The van der Waals surface area contributed by atoms with Crippen LogP contribution >= 0.6 is 0 Å². The van der Waals surface area contributed by atoms with Gasteiger partial charge in [-0.3, -0.25) is 0 Å². The highest BCUT2D eigenvalue weighted by Crippen LogP contribution is 2.72. The van der Waals surface area contributed by atoms with Crippen molar-refractivity contribution in [2.75, 3.05) is 7.11 Å². The fourth-order valence-electron chi connectivity index (χ4n) is 9.69. The first kappa shape index (κ1) is 27.6. The number of aliphatic hydroxyl groups is 3. The molecule has 2 saturated carbocycles. The lowest BCUT2D eigenvalue weighted by Gasteiger charge is -2.62. The Hall–Kier alpha value is -0.420. The molecule has 4 nitrogen and oxygen atoms in total. The average molecular weight is 491 g/mol. The molecule has 0 radical (unpaired) electrons. The number of ether oxygens (including phenoxy) is 1. The van der Waals surface area contributed by atoms with Crippen molar-refractivity contribution in [1.82, 2.24) is 0 Å². The van der Waals surface area contributed by atoms with Crippen LogP contribution in [0.25, 0.3) is 0 Å². The Morgan fingerprint density at radius 3 is 2.23 bits per heavy atom. The molecule has 35 heavy (non-hydrogen) atoms. The van der Waals surface area contributed by atoms with E-state index in [2.05, 4.69) is 41.5 Å². The van der Waals surface area contributed by atoms with Crippen molar-refractivity contribution in [3.05, 3.63) is 11.1 Å². The van der Waals surface area contributed by atoms with Gasteiger partial charge >= 0.3 is 0 Å². The number of allylic oxidation sites excluding steroid dienone is 2. The lowest BCUT2D eigenvalue weighted by molar-refractivity contribution is -0.106. The van der Waals surface area contributed by atoms with Gasteiger partial charge in [0.25, 0.3) is 0 Å². The summed E-state index contributed by atoms with van der Waals surface area (Å²) in [4.78, 5) is 0. The zero-order valence-electron chi connectivity index (χ0n) is 24.1. The predicted molar refractivity (Wildman–Crippen MR) is 142 cm³/mol. The SMILES string of the molecule is COC(C)(C)C(O)CC(O)[C@@H](C)[C@H]1CC[C@@]2(C)C3=C(CC[C@]12C)[C@@]1(C)CC[C@H](O)C(C)(C)C1CC3. The van der Waals surface area contributed by atoms with Crippen LogP contribution in [0.2, 0.25) is 0 Å². The van der Waals surface area contributed by atoms with E-state index in [9.17, 15) is 15.3 Å². The largest absolute Gasteiger partial charge is 0.393 e. The maximum Gasteiger partial charge on any atom is 0.0881 e. The van der Waals surface area contributed by atoms with Crippen LogP contribution in [0.5, 0.6) is 0 Å². The highest BCUT2D eigenvalue weighted by atomic mass is 16.5. The van der Waals surface area contributed by atoms with E-state index in [4.69, 9.17) is 4.74 Å². The van der Waals surface area contributed by atoms with Crippen LogP contribution < -0.4 is 0 Å². The Morgan fingerprint density at radius 2 is 1.60 bits per heavy atom. The fourth-order valence-corrected chi connectivity index (χ4v) is 9.69. The molecule has 0 spiro atoms. The van der Waals surface area contributed by atoms with E-state index in [0.717, 1.165) is 19.3 Å². The molecule has 2 fully saturated rings. The molecule has 0 heterocycles. The van der Waals surface area contributed by atoms with Gasteiger partial charge in [-0.2, -0.15) is 0 Å². The molecule has 4 rings (SSSR count). The molecule has 0 amide bonds. The smallest absolute Gasteiger partial charge is 0.0881 e. The number of hydrogen-bond donors (Lipinski definition) is 3. The van der Waals surface area contributed by atoms with E-state index in [-0.39, 0.29) is 33.7 Å². The first-order valence-corrected chi connectivity index (χ1v) is 14.4. The van der Waals surface area contributed by atoms with Crippen molar-refractivity contribution in [2.45, 2.75) is 137 Å². The van der Waals surface area contributed by atoms with Crippen LogP contribution in [-0.2, 0) is 4.74 Å². The molecule has 4 heteroatoms. The summed E-state index contributed by atoms with van der Waals surface area (Å²) in [5.74, 6) is 1.14. The molecule has 3 unspecified atom stereocenters. The van der Waals surface area contributed by atoms with Gasteiger partial charge in [0.1, 0.15) is 0 Å². The van der Waals surface area contributed by atoms with Gasteiger partial charge in [0.05, 0.1) is 23.9 Å². The Bertz CT molecular complexity index is 845. The minimum absolute atomic E-state index is 0.0269. The van der Waals surface area contributed by atoms with Crippen LogP contribution in [0.1, 0.15) is 113 Å². The third kappa shape index (κ3) is 3.91. The maximum atomic E-state index is 11.3. The summed E-state index contributed by atoms with van der Waals surface area (Å²) in [5.41, 5.74) is 3.34. The second-order valence-electron chi connectivity index (χ2n) is 14.7. The highest BCUT2D eigenvalue weighted by Gasteiger charge is 2.63. The van der Waals surface area contributed by atoms with Gasteiger partial charge < -0.3 is 20.1 Å². The molecule has 4 aliphatic carbocycles. The van der Waals surface area contributed by atoms with Crippen LogP contribution in [0, 0.1) is 39.4 Å². The fraction of sp³-hybridized carbons (Fsp3) is 0.935. The van der Waals surface area contributed by atoms with E-state index in [1.807, 2.05) is 13.8 Å². The first-order chi connectivity index (χ1) is 16.1. The maximum absolute atomic E-state index is 11.3. The van der Waals surface area contributed by atoms with Crippen LogP contribution in [0.3, 0.4) is 0 Å². The predicted octanol–water partition coefficient (Wildman–Crippen LogP) is 6.27. The molecule has 4 aliphatic rings. The zero-order chi connectivity index (χ0) is 26.2. The average Bonchev–Trinajstić information content (AvgIpc) is 3.07. The van der Waals surface area contributed by atoms with E-state index >= 15 is 0 Å². The van der Waals surface area contributed by atoms with Crippen LogP contribution in [0.4, 0.5) is 0 Å². The third-order valence-electron chi connectivity index (χ3n) is 12.8. The normalized spacial score (nSPS) is 43.7. The standard InChI is InChI=1S/C31H54O4/c1-19(23(32)18-26(34)28(4,5)35-9)20-12-16-31(8)22-10-11-24-27(2,3)25(33)14-15-29(24,6)21(22)13-17-30(20,31)7/h19-20,23-26,32-34H,10-18H2,1-9H3/t19-,20+,23?,24?,25-,26?,29+,30+,31-/m0/s1. The van der Waals surface area contributed by atoms with Crippen molar-refractivity contribution < 1.29 is 20.1 Å². The van der Waals surface area contributed by atoms with E-state index in [0.29, 0.717) is 18.3 Å². The first-order valence-electron chi connectivity index (χ1n) is 14.4. The highest BCUT2D eigenvalue weighted by molar-refractivity contribution is 5.38. The molecule has 0 aliphatic heterocycles. The Kier molecular flexibility index (Phi) is 6.96. The molecular formula is C31H54O4. The molecule has 9 atom stereocenters. The molecule has 0 bridgehead atoms. The third-order valence-corrected chi connectivity index (χ3v) is 12.8. The summed E-state index contributed by atoms with van der Waals surface area (Å²) in [6.45, 7) is 18.2. The lowest BCUT2D eigenvalue weighted by atomic mass is 9.43. The Labute approximate surface area is 214 Å². The molecule has 0 aromatic carbocycles. The van der Waals surface area contributed by atoms with E-state index in [1.54, 1.807) is 18.3 Å². The van der Waals surface area contributed by atoms with E-state index in [1.165, 1.54) is 32.1 Å². The lowest BCUT2D eigenvalue weighted by Crippen LogP contribution is -2.55. The number of hydrogen-bond acceptors (Lipinski definition) is 4. The summed E-state index contributed by atoms with van der Waals surface area (Å²) in [7, 11) is 1.62. The summed E-state index contributed by atoms with van der Waals surface area (Å²) < 4.78 is 5.48. The minimum Gasteiger partial charge on any atom is -0.393 e. The minimum atomic E-state index is -0.688. The van der Waals surface area contributed by atoms with Gasteiger partial charge in [-0.05, 0) is 105 Å². The van der Waals surface area contributed by atoms with Gasteiger partial charge in [0, 0.05) is 13.5 Å². The van der Waals surface area contributed by atoms with Crippen molar-refractivity contribution in [1.29, 1.82) is 0 Å². The molecule has 202 valence electrons. The monoisotopic (exact) mass is 490 g/mol. The van der Waals surface area contributed by atoms with Crippen molar-refractivity contribution in [3.8, 4) is 0 Å². The summed E-state index contributed by atoms with van der Waals surface area (Å²) in [5, 5.41) is 32.8. The second kappa shape index (κ2) is 8.82. The summed E-state index contributed by atoms with van der Waals surface area (Å²) in [6, 6.07) is 0. The Balaban J connectivity index is 1.61. The summed E-state index contributed by atoms with van der Waals surface area (Å²) >= 11 is 0. The summed E-state index contributed by atoms with van der Waals surface area (Å²) in [6.07, 6.45) is 8.02.